The molecule has 216 valence electrons. The predicted octanol–water partition coefficient (Wildman–Crippen LogP) is 2.05. The SMILES string of the molecule is COP(=O)(OC)C(O)c1coc2c(O)c(O)ccc2c1=O.O=c1c(C(O)P(=O)(O)O)coc2c(O)c(O)ccc12. The van der Waals surface area contributed by atoms with Crippen molar-refractivity contribution in [3.63, 3.8) is 0 Å². The lowest BCUT2D eigenvalue weighted by atomic mass is 10.1. The van der Waals surface area contributed by atoms with Crippen LogP contribution in [0.4, 0.5) is 0 Å². The lowest BCUT2D eigenvalue weighted by Crippen LogP contribution is -2.14. The van der Waals surface area contributed by atoms with Crippen LogP contribution in [0.3, 0.4) is 0 Å². The van der Waals surface area contributed by atoms with Gasteiger partial charge in [-0.1, -0.05) is 0 Å². The molecule has 2 heterocycles. The van der Waals surface area contributed by atoms with Crippen molar-refractivity contribution < 1.29 is 67.4 Å². The van der Waals surface area contributed by atoms with Crippen molar-refractivity contribution in [2.75, 3.05) is 14.2 Å². The molecule has 0 saturated heterocycles. The molecule has 0 fully saturated rings. The summed E-state index contributed by atoms with van der Waals surface area (Å²) in [5.41, 5.74) is -3.21. The molecule has 2 aromatic carbocycles. The maximum atomic E-state index is 12.3. The molecule has 0 saturated carbocycles. The number of fused-ring (bicyclic) bond motifs is 2. The normalized spacial score (nSPS) is 13.6. The summed E-state index contributed by atoms with van der Waals surface area (Å²) >= 11 is 0. The summed E-state index contributed by atoms with van der Waals surface area (Å²) in [7, 11) is -6.72. The lowest BCUT2D eigenvalue weighted by Gasteiger charge is -2.19. The Balaban J connectivity index is 0.000000222. The predicted molar refractivity (Wildman–Crippen MR) is 135 cm³/mol. The Morgan fingerprint density at radius 1 is 0.700 bits per heavy atom. The van der Waals surface area contributed by atoms with Gasteiger partial charge in [0.05, 0.1) is 21.9 Å². The molecule has 0 amide bonds. The molecule has 18 heteroatoms. The van der Waals surface area contributed by atoms with Crippen LogP contribution >= 0.6 is 15.2 Å². The molecule has 0 radical (unpaired) electrons. The third-order valence-corrected chi connectivity index (χ3v) is 8.34. The van der Waals surface area contributed by atoms with Crippen molar-refractivity contribution in [3.8, 4) is 23.0 Å². The highest BCUT2D eigenvalue weighted by atomic mass is 31.2. The van der Waals surface area contributed by atoms with Gasteiger partial charge in [0, 0.05) is 14.2 Å². The van der Waals surface area contributed by atoms with E-state index >= 15 is 0 Å². The number of benzene rings is 2. The van der Waals surface area contributed by atoms with Crippen LogP contribution in [-0.4, -0.2) is 54.6 Å². The highest BCUT2D eigenvalue weighted by Crippen LogP contribution is 2.58. The average Bonchev–Trinajstić information content (AvgIpc) is 2.92. The van der Waals surface area contributed by atoms with Crippen molar-refractivity contribution in [1.82, 2.24) is 0 Å². The van der Waals surface area contributed by atoms with Crippen molar-refractivity contribution in [3.05, 3.63) is 68.4 Å². The Hall–Kier alpha value is -3.72. The van der Waals surface area contributed by atoms with Crippen molar-refractivity contribution >= 4 is 37.1 Å². The number of phenols is 4. The van der Waals surface area contributed by atoms with Gasteiger partial charge >= 0.3 is 15.2 Å². The first kappa shape index (κ1) is 30.8. The minimum Gasteiger partial charge on any atom is -0.504 e. The molecule has 2 atom stereocenters. The molecule has 2 unspecified atom stereocenters. The van der Waals surface area contributed by atoms with Gasteiger partial charge in [0.25, 0.3) is 0 Å². The standard InChI is InChI=1S/C12H13O8P.C10H9O8P/c1-18-21(17,19-2)12(16)7-5-20-11-6(9(7)14)3-4-8(13)10(11)15;11-6-2-1-4-7(12)5(10(14)19(15,16)17)3-18-9(4)8(6)13/h3-5,12-13,15-16H,1-2H3;1-3,10-11,13-14H,(H2,15,16,17). The molecule has 8 N–H and O–H groups in total. The van der Waals surface area contributed by atoms with Crippen LogP contribution in [0.2, 0.25) is 0 Å². The second kappa shape index (κ2) is 11.4. The van der Waals surface area contributed by atoms with E-state index in [2.05, 4.69) is 9.05 Å². The molecule has 0 aliphatic carbocycles. The van der Waals surface area contributed by atoms with Gasteiger partial charge in [-0.15, -0.1) is 0 Å². The summed E-state index contributed by atoms with van der Waals surface area (Å²) in [6.45, 7) is 0. The smallest absolute Gasteiger partial charge is 0.363 e. The molecule has 4 rings (SSSR count). The Bertz CT molecular complexity index is 1780. The average molecular weight is 604 g/mol. The first-order valence-electron chi connectivity index (χ1n) is 10.6. The first-order chi connectivity index (χ1) is 18.6. The summed E-state index contributed by atoms with van der Waals surface area (Å²) in [5, 5.41) is 56.8. The van der Waals surface area contributed by atoms with E-state index in [1.807, 2.05) is 0 Å². The topological polar surface area (TPSA) is 275 Å². The molecule has 2 aromatic heterocycles. The van der Waals surface area contributed by atoms with Crippen LogP contribution in [0.1, 0.15) is 22.8 Å². The number of aromatic hydroxyl groups is 4. The molecule has 4 aromatic rings. The lowest BCUT2D eigenvalue weighted by molar-refractivity contribution is 0.174. The van der Waals surface area contributed by atoms with Gasteiger partial charge in [-0.2, -0.15) is 0 Å². The maximum absolute atomic E-state index is 12.3. The van der Waals surface area contributed by atoms with Crippen molar-refractivity contribution in [2.45, 2.75) is 11.7 Å². The Kier molecular flexibility index (Phi) is 8.79. The van der Waals surface area contributed by atoms with E-state index in [0.29, 0.717) is 6.26 Å². The Labute approximate surface area is 222 Å². The monoisotopic (exact) mass is 604 g/mol. The molecule has 0 aliphatic rings. The third kappa shape index (κ3) is 5.61. The van der Waals surface area contributed by atoms with Crippen molar-refractivity contribution in [1.29, 1.82) is 0 Å². The van der Waals surface area contributed by atoms with E-state index < -0.39 is 66.3 Å². The number of hydrogen-bond donors (Lipinski definition) is 8. The van der Waals surface area contributed by atoms with Crippen molar-refractivity contribution in [2.24, 2.45) is 0 Å². The maximum Gasteiger partial charge on any atom is 0.363 e. The molecule has 0 spiro atoms. The number of rotatable bonds is 6. The highest BCUT2D eigenvalue weighted by molar-refractivity contribution is 7.54. The zero-order valence-corrected chi connectivity index (χ0v) is 22.1. The Morgan fingerprint density at radius 2 is 1.07 bits per heavy atom. The molecule has 40 heavy (non-hydrogen) atoms. The largest absolute Gasteiger partial charge is 0.504 e. The molecular weight excluding hydrogens is 582 g/mol. The number of phenolic OH excluding ortho intramolecular Hbond substituents is 4. The van der Waals surface area contributed by atoms with Crippen LogP contribution < -0.4 is 10.9 Å². The molecular formula is C22H22O16P2. The van der Waals surface area contributed by atoms with Gasteiger partial charge in [0.2, 0.25) is 11.5 Å². The molecule has 0 aliphatic heterocycles. The van der Waals surface area contributed by atoms with E-state index in [9.17, 15) is 49.4 Å². The summed E-state index contributed by atoms with van der Waals surface area (Å²) in [6.07, 6.45) is 1.47. The summed E-state index contributed by atoms with van der Waals surface area (Å²) in [5.74, 6) is -6.41. The minimum absolute atomic E-state index is 0.0967. The summed E-state index contributed by atoms with van der Waals surface area (Å²) < 4.78 is 42.1. The Morgan fingerprint density at radius 3 is 1.43 bits per heavy atom. The van der Waals surface area contributed by atoms with Gasteiger partial charge in [0.15, 0.2) is 45.2 Å². The number of hydrogen-bond acceptors (Lipinski definition) is 14. The highest BCUT2D eigenvalue weighted by Gasteiger charge is 2.36. The second-order valence-electron chi connectivity index (χ2n) is 7.90. The van der Waals surface area contributed by atoms with Crippen LogP contribution in [0.25, 0.3) is 21.9 Å². The summed E-state index contributed by atoms with van der Waals surface area (Å²) in [6, 6.07) is 4.42. The molecule has 0 bridgehead atoms. The second-order valence-corrected chi connectivity index (χ2v) is 11.9. The van der Waals surface area contributed by atoms with E-state index in [1.165, 1.54) is 6.07 Å². The van der Waals surface area contributed by atoms with E-state index in [-0.39, 0.29) is 27.5 Å². The van der Waals surface area contributed by atoms with Crippen LogP contribution in [0, 0.1) is 0 Å². The zero-order valence-electron chi connectivity index (χ0n) is 20.4. The quantitative estimate of drug-likeness (QED) is 0.115. The summed E-state index contributed by atoms with van der Waals surface area (Å²) in [4.78, 5) is 41.8. The minimum atomic E-state index is -4.92. The fourth-order valence-electron chi connectivity index (χ4n) is 3.36. The fraction of sp³-hybridized carbons (Fsp3) is 0.182. The van der Waals surface area contributed by atoms with Gasteiger partial charge in [-0.3, -0.25) is 18.7 Å². The first-order valence-corrected chi connectivity index (χ1v) is 13.9. The van der Waals surface area contributed by atoms with E-state index in [4.69, 9.17) is 18.6 Å². The number of aliphatic hydroxyl groups is 2. The van der Waals surface area contributed by atoms with Crippen LogP contribution in [0.15, 0.2) is 55.2 Å². The van der Waals surface area contributed by atoms with Gasteiger partial charge in [-0.05, 0) is 24.3 Å². The fourth-order valence-corrected chi connectivity index (χ4v) is 4.97. The zero-order chi connectivity index (χ0) is 30.2. The van der Waals surface area contributed by atoms with Gasteiger partial charge in [0.1, 0.15) is 12.5 Å². The van der Waals surface area contributed by atoms with Gasteiger partial charge in [-0.25, -0.2) is 0 Å². The van der Waals surface area contributed by atoms with Gasteiger partial charge < -0.3 is 58.3 Å². The van der Waals surface area contributed by atoms with E-state index in [0.717, 1.165) is 38.7 Å². The number of aliphatic hydroxyl groups excluding tert-OH is 2. The van der Waals surface area contributed by atoms with Crippen LogP contribution in [0.5, 0.6) is 23.0 Å². The molecule has 16 nitrogen and oxygen atoms in total. The van der Waals surface area contributed by atoms with E-state index in [1.54, 1.807) is 0 Å². The van der Waals surface area contributed by atoms with Crippen LogP contribution in [-0.2, 0) is 18.2 Å². The third-order valence-electron chi connectivity index (χ3n) is 5.52.